The van der Waals surface area contributed by atoms with Gasteiger partial charge in [0.1, 0.15) is 0 Å². The summed E-state index contributed by atoms with van der Waals surface area (Å²) in [5.74, 6) is 0.884. The highest BCUT2D eigenvalue weighted by Crippen LogP contribution is 2.14. The Hall–Kier alpha value is -0.0300. The van der Waals surface area contributed by atoms with Crippen LogP contribution in [0.15, 0.2) is 24.3 Å². The molecule has 0 amide bonds. The van der Waals surface area contributed by atoms with Gasteiger partial charge in [-0.3, -0.25) is 4.79 Å². The van der Waals surface area contributed by atoms with Crippen LogP contribution >= 0.6 is 34.4 Å². The number of carbonyl (C=O) groups excluding carboxylic acids is 1. The zero-order valence-electron chi connectivity index (χ0n) is 7.42. The first-order valence-corrected chi connectivity index (χ1v) is 6.13. The summed E-state index contributed by atoms with van der Waals surface area (Å²) in [6.07, 6.45) is 0.976. The third-order valence-corrected chi connectivity index (χ3v) is 3.50. The normalized spacial score (nSPS) is 10.0. The minimum atomic E-state index is 0.200. The standard InChI is InChI=1S/C10H11IOS/c1-8(12)13-7-6-9-4-2-3-5-10(9)11/h2-5H,6-7H2,1H3. The number of hydrogen-bond donors (Lipinski definition) is 0. The summed E-state index contributed by atoms with van der Waals surface area (Å²) in [5.41, 5.74) is 1.33. The molecule has 13 heavy (non-hydrogen) atoms. The molecule has 0 N–H and O–H groups in total. The first-order chi connectivity index (χ1) is 6.20. The number of rotatable bonds is 3. The molecule has 0 fully saturated rings. The molecule has 1 rings (SSSR count). The predicted molar refractivity (Wildman–Crippen MR) is 66.0 cm³/mol. The highest BCUT2D eigenvalue weighted by Gasteiger charge is 1.99. The van der Waals surface area contributed by atoms with Gasteiger partial charge in [-0.25, -0.2) is 0 Å². The van der Waals surface area contributed by atoms with Crippen LogP contribution < -0.4 is 0 Å². The molecule has 3 heteroatoms. The lowest BCUT2D eigenvalue weighted by Gasteiger charge is -2.01. The maximum Gasteiger partial charge on any atom is 0.185 e. The van der Waals surface area contributed by atoms with E-state index in [1.54, 1.807) is 6.92 Å². The molecular formula is C10H11IOS. The number of halogens is 1. The van der Waals surface area contributed by atoms with E-state index in [4.69, 9.17) is 0 Å². The van der Waals surface area contributed by atoms with Crippen molar-refractivity contribution in [2.75, 3.05) is 5.75 Å². The lowest BCUT2D eigenvalue weighted by molar-refractivity contribution is -0.109. The summed E-state index contributed by atoms with van der Waals surface area (Å²) in [6.45, 7) is 1.61. The second-order valence-electron chi connectivity index (χ2n) is 2.68. The Morgan fingerprint density at radius 2 is 2.15 bits per heavy atom. The molecular weight excluding hydrogens is 295 g/mol. The zero-order valence-corrected chi connectivity index (χ0v) is 10.4. The number of carbonyl (C=O) groups is 1. The molecule has 0 aliphatic heterocycles. The molecule has 70 valence electrons. The van der Waals surface area contributed by atoms with Gasteiger partial charge in [0, 0.05) is 16.2 Å². The van der Waals surface area contributed by atoms with Gasteiger partial charge in [-0.05, 0) is 40.6 Å². The van der Waals surface area contributed by atoms with Gasteiger partial charge in [0.05, 0.1) is 0 Å². The molecule has 0 unspecified atom stereocenters. The van der Waals surface area contributed by atoms with Gasteiger partial charge in [0.2, 0.25) is 0 Å². The highest BCUT2D eigenvalue weighted by molar-refractivity contribution is 14.1. The van der Waals surface area contributed by atoms with Gasteiger partial charge in [0.25, 0.3) is 0 Å². The second-order valence-corrected chi connectivity index (χ2v) is 5.12. The van der Waals surface area contributed by atoms with Crippen molar-refractivity contribution in [1.29, 1.82) is 0 Å². The van der Waals surface area contributed by atoms with Gasteiger partial charge in [0.15, 0.2) is 5.12 Å². The fourth-order valence-electron chi connectivity index (χ4n) is 1.01. The van der Waals surface area contributed by atoms with Crippen molar-refractivity contribution >= 4 is 39.5 Å². The van der Waals surface area contributed by atoms with Crippen LogP contribution in [0.2, 0.25) is 0 Å². The number of thioether (sulfide) groups is 1. The fourth-order valence-corrected chi connectivity index (χ4v) is 2.27. The minimum Gasteiger partial charge on any atom is -0.288 e. The van der Waals surface area contributed by atoms with Gasteiger partial charge < -0.3 is 0 Å². The van der Waals surface area contributed by atoms with Crippen LogP contribution in [0, 0.1) is 3.57 Å². The molecule has 1 aromatic carbocycles. The predicted octanol–water partition coefficient (Wildman–Crippen LogP) is 3.11. The number of hydrogen-bond acceptors (Lipinski definition) is 2. The molecule has 0 aliphatic rings. The smallest absolute Gasteiger partial charge is 0.185 e. The third-order valence-electron chi connectivity index (χ3n) is 1.63. The van der Waals surface area contributed by atoms with Crippen LogP contribution in [-0.4, -0.2) is 10.9 Å². The Bertz CT molecular complexity index is 299. The van der Waals surface area contributed by atoms with Crippen LogP contribution in [0.3, 0.4) is 0 Å². The van der Waals surface area contributed by atoms with Crippen LogP contribution in [0.1, 0.15) is 12.5 Å². The molecule has 0 saturated heterocycles. The van der Waals surface area contributed by atoms with Gasteiger partial charge in [-0.2, -0.15) is 0 Å². The maximum atomic E-state index is 10.7. The van der Waals surface area contributed by atoms with Crippen LogP contribution in [0.4, 0.5) is 0 Å². The Labute approximate surface area is 96.4 Å². The van der Waals surface area contributed by atoms with Crippen molar-refractivity contribution < 1.29 is 4.79 Å². The summed E-state index contributed by atoms with van der Waals surface area (Å²) in [6, 6.07) is 8.27. The zero-order chi connectivity index (χ0) is 9.68. The molecule has 0 saturated carbocycles. The Kier molecular flexibility index (Phi) is 4.80. The number of benzene rings is 1. The second kappa shape index (κ2) is 5.65. The third kappa shape index (κ3) is 4.13. The van der Waals surface area contributed by atoms with Crippen molar-refractivity contribution in [3.05, 3.63) is 33.4 Å². The van der Waals surface area contributed by atoms with E-state index in [1.807, 2.05) is 12.1 Å². The van der Waals surface area contributed by atoms with E-state index in [0.717, 1.165) is 12.2 Å². The van der Waals surface area contributed by atoms with E-state index in [0.29, 0.717) is 0 Å². The van der Waals surface area contributed by atoms with E-state index in [9.17, 15) is 4.79 Å². The van der Waals surface area contributed by atoms with Crippen LogP contribution in [-0.2, 0) is 11.2 Å². The largest absolute Gasteiger partial charge is 0.288 e. The Balaban J connectivity index is 2.45. The molecule has 1 aromatic rings. The van der Waals surface area contributed by atoms with Gasteiger partial charge >= 0.3 is 0 Å². The van der Waals surface area contributed by atoms with E-state index < -0.39 is 0 Å². The maximum absolute atomic E-state index is 10.7. The van der Waals surface area contributed by atoms with Crippen LogP contribution in [0.5, 0.6) is 0 Å². The lowest BCUT2D eigenvalue weighted by Crippen LogP contribution is -1.93. The molecule has 0 aromatic heterocycles. The van der Waals surface area contributed by atoms with Crippen LogP contribution in [0.25, 0.3) is 0 Å². The minimum absolute atomic E-state index is 0.200. The fraction of sp³-hybridized carbons (Fsp3) is 0.300. The Morgan fingerprint density at radius 3 is 2.77 bits per heavy atom. The van der Waals surface area contributed by atoms with Crippen molar-refractivity contribution in [1.82, 2.24) is 0 Å². The van der Waals surface area contributed by atoms with Gasteiger partial charge in [-0.1, -0.05) is 30.0 Å². The summed E-state index contributed by atoms with van der Waals surface area (Å²) in [5, 5.41) is 0.200. The SMILES string of the molecule is CC(=O)SCCc1ccccc1I. The van der Waals surface area contributed by atoms with E-state index in [-0.39, 0.29) is 5.12 Å². The van der Waals surface area contributed by atoms with Crippen molar-refractivity contribution in [2.45, 2.75) is 13.3 Å². The summed E-state index contributed by atoms with van der Waals surface area (Å²) in [4.78, 5) is 10.7. The van der Waals surface area contributed by atoms with E-state index >= 15 is 0 Å². The highest BCUT2D eigenvalue weighted by atomic mass is 127. The monoisotopic (exact) mass is 306 g/mol. The quantitative estimate of drug-likeness (QED) is 0.798. The first-order valence-electron chi connectivity index (χ1n) is 4.07. The van der Waals surface area contributed by atoms with Crippen molar-refractivity contribution in [3.63, 3.8) is 0 Å². The van der Waals surface area contributed by atoms with E-state index in [2.05, 4.69) is 34.7 Å². The molecule has 0 heterocycles. The Morgan fingerprint density at radius 1 is 1.46 bits per heavy atom. The molecule has 0 bridgehead atoms. The summed E-state index contributed by atoms with van der Waals surface area (Å²) in [7, 11) is 0. The van der Waals surface area contributed by atoms with Crippen molar-refractivity contribution in [2.24, 2.45) is 0 Å². The average Bonchev–Trinajstić information content (AvgIpc) is 2.08. The topological polar surface area (TPSA) is 17.1 Å². The molecule has 0 spiro atoms. The summed E-state index contributed by atoms with van der Waals surface area (Å²) >= 11 is 3.72. The molecule has 0 aliphatic carbocycles. The van der Waals surface area contributed by atoms with Crippen molar-refractivity contribution in [3.8, 4) is 0 Å². The number of aryl methyl sites for hydroxylation is 1. The van der Waals surface area contributed by atoms with E-state index in [1.165, 1.54) is 20.9 Å². The molecule has 1 nitrogen and oxygen atoms in total. The molecule has 0 atom stereocenters. The van der Waals surface area contributed by atoms with Gasteiger partial charge in [-0.15, -0.1) is 0 Å². The first kappa shape index (κ1) is 11.0. The summed E-state index contributed by atoms with van der Waals surface area (Å²) < 4.78 is 1.28. The average molecular weight is 306 g/mol. The molecule has 0 radical (unpaired) electrons. The lowest BCUT2D eigenvalue weighted by atomic mass is 10.2.